The van der Waals surface area contributed by atoms with Crippen molar-refractivity contribution in [3.8, 4) is 17.6 Å². The number of hydrogen-bond acceptors (Lipinski definition) is 3. The number of nitrogens with zero attached hydrogens (tertiary/aromatic N) is 1. The lowest BCUT2D eigenvalue weighted by atomic mass is 10.2. The van der Waals surface area contributed by atoms with E-state index in [2.05, 4.69) is 6.07 Å². The fourth-order valence-corrected chi connectivity index (χ4v) is 1.80. The average Bonchev–Trinajstić information content (AvgIpc) is 2.50. The molecule has 4 heteroatoms. The van der Waals surface area contributed by atoms with Crippen LogP contribution >= 0.6 is 0 Å². The minimum Gasteiger partial charge on any atom is -0.493 e. The first-order valence-electron chi connectivity index (χ1n) is 6.71. The van der Waals surface area contributed by atoms with Crippen molar-refractivity contribution in [3.05, 3.63) is 59.4 Å². The molecule has 108 valence electrons. The van der Waals surface area contributed by atoms with Crippen molar-refractivity contribution >= 4 is 0 Å². The van der Waals surface area contributed by atoms with Gasteiger partial charge in [-0.3, -0.25) is 0 Å². The van der Waals surface area contributed by atoms with E-state index in [0.29, 0.717) is 42.3 Å². The summed E-state index contributed by atoms with van der Waals surface area (Å²) in [4.78, 5) is 0. The quantitative estimate of drug-likeness (QED) is 0.757. The summed E-state index contributed by atoms with van der Waals surface area (Å²) in [6.07, 6.45) is 0.702. The highest BCUT2D eigenvalue weighted by Crippen LogP contribution is 2.16. The van der Waals surface area contributed by atoms with Crippen LogP contribution in [-0.2, 0) is 0 Å². The summed E-state index contributed by atoms with van der Waals surface area (Å²) in [7, 11) is 0. The van der Waals surface area contributed by atoms with E-state index in [1.807, 2.05) is 6.07 Å². The molecule has 0 saturated carbocycles. The molecule has 21 heavy (non-hydrogen) atoms. The Morgan fingerprint density at radius 1 is 1.05 bits per heavy atom. The summed E-state index contributed by atoms with van der Waals surface area (Å²) in [5, 5.41) is 8.79. The molecule has 0 aliphatic rings. The molecule has 2 aromatic rings. The summed E-state index contributed by atoms with van der Waals surface area (Å²) in [6.45, 7) is 2.69. The van der Waals surface area contributed by atoms with Gasteiger partial charge in [0, 0.05) is 6.42 Å². The molecule has 0 aromatic heterocycles. The largest absolute Gasteiger partial charge is 0.493 e. The van der Waals surface area contributed by atoms with Gasteiger partial charge in [-0.05, 0) is 48.9 Å². The van der Waals surface area contributed by atoms with Crippen LogP contribution in [0.25, 0.3) is 0 Å². The van der Waals surface area contributed by atoms with Crippen molar-refractivity contribution < 1.29 is 13.9 Å². The van der Waals surface area contributed by atoms with Crippen molar-refractivity contribution in [3.63, 3.8) is 0 Å². The molecule has 0 heterocycles. The van der Waals surface area contributed by atoms with Gasteiger partial charge in [0.25, 0.3) is 0 Å². The second kappa shape index (κ2) is 7.30. The minimum atomic E-state index is -0.233. The van der Waals surface area contributed by atoms with Gasteiger partial charge >= 0.3 is 0 Å². The first-order valence-corrected chi connectivity index (χ1v) is 6.71. The topological polar surface area (TPSA) is 42.2 Å². The van der Waals surface area contributed by atoms with Crippen LogP contribution in [0, 0.1) is 24.1 Å². The lowest BCUT2D eigenvalue weighted by molar-refractivity contribution is 0.247. The molecule has 0 fully saturated rings. The summed E-state index contributed by atoms with van der Waals surface area (Å²) in [6, 6.07) is 13.8. The zero-order valence-electron chi connectivity index (χ0n) is 11.8. The second-order valence-electron chi connectivity index (χ2n) is 4.60. The van der Waals surface area contributed by atoms with Crippen LogP contribution < -0.4 is 9.47 Å². The monoisotopic (exact) mass is 285 g/mol. The molecule has 0 amide bonds. The van der Waals surface area contributed by atoms with Gasteiger partial charge in [0.1, 0.15) is 17.3 Å². The third-order valence-electron chi connectivity index (χ3n) is 2.92. The Bertz CT molecular complexity index is 649. The van der Waals surface area contributed by atoms with Crippen molar-refractivity contribution in [1.82, 2.24) is 0 Å². The van der Waals surface area contributed by atoms with Crippen LogP contribution in [0.2, 0.25) is 0 Å². The van der Waals surface area contributed by atoms with Crippen LogP contribution in [0.5, 0.6) is 11.5 Å². The molecule has 2 aromatic carbocycles. The van der Waals surface area contributed by atoms with Gasteiger partial charge < -0.3 is 9.47 Å². The number of hydrogen-bond donors (Lipinski definition) is 0. The molecule has 0 aliphatic carbocycles. The van der Waals surface area contributed by atoms with Gasteiger partial charge in [-0.15, -0.1) is 0 Å². The normalized spacial score (nSPS) is 9.95. The smallest absolute Gasteiger partial charge is 0.126 e. The summed E-state index contributed by atoms with van der Waals surface area (Å²) in [5.41, 5.74) is 1.14. The van der Waals surface area contributed by atoms with Crippen molar-refractivity contribution in [2.45, 2.75) is 13.3 Å². The van der Waals surface area contributed by atoms with Gasteiger partial charge in [0.15, 0.2) is 0 Å². The summed E-state index contributed by atoms with van der Waals surface area (Å²) < 4.78 is 24.2. The van der Waals surface area contributed by atoms with Crippen LogP contribution in [0.1, 0.15) is 17.5 Å². The van der Waals surface area contributed by atoms with Gasteiger partial charge in [-0.1, -0.05) is 6.07 Å². The molecule has 0 spiro atoms. The Morgan fingerprint density at radius 3 is 2.43 bits per heavy atom. The van der Waals surface area contributed by atoms with Crippen LogP contribution in [0.4, 0.5) is 4.39 Å². The molecule has 0 N–H and O–H groups in total. The molecule has 0 bridgehead atoms. The van der Waals surface area contributed by atoms with E-state index in [4.69, 9.17) is 14.7 Å². The molecule has 0 unspecified atom stereocenters. The SMILES string of the molecule is Cc1cc(OCCCOc2cccc(C#N)c2)ccc1F. The van der Waals surface area contributed by atoms with E-state index in [1.54, 1.807) is 37.3 Å². The molecule has 0 atom stereocenters. The standard InChI is InChI=1S/C17H16FNO2/c1-13-10-16(6-7-17(13)18)21-9-3-8-20-15-5-2-4-14(11-15)12-19/h2,4-7,10-11H,3,8-9H2,1H3. The van der Waals surface area contributed by atoms with Crippen LogP contribution in [0.15, 0.2) is 42.5 Å². The van der Waals surface area contributed by atoms with Crippen LogP contribution in [0.3, 0.4) is 0 Å². The average molecular weight is 285 g/mol. The Labute approximate surface area is 123 Å². The fourth-order valence-electron chi connectivity index (χ4n) is 1.80. The third-order valence-corrected chi connectivity index (χ3v) is 2.92. The van der Waals surface area contributed by atoms with E-state index < -0.39 is 0 Å². The zero-order chi connectivity index (χ0) is 15.1. The summed E-state index contributed by atoms with van der Waals surface area (Å²) in [5.74, 6) is 1.09. The lowest BCUT2D eigenvalue weighted by Gasteiger charge is -2.09. The highest BCUT2D eigenvalue weighted by molar-refractivity contribution is 5.36. The third kappa shape index (κ3) is 4.50. The van der Waals surface area contributed by atoms with E-state index in [0.717, 1.165) is 0 Å². The highest BCUT2D eigenvalue weighted by Gasteiger charge is 2.00. The van der Waals surface area contributed by atoms with E-state index in [-0.39, 0.29) is 5.82 Å². The maximum atomic E-state index is 13.1. The molecular weight excluding hydrogens is 269 g/mol. The van der Waals surface area contributed by atoms with Gasteiger partial charge in [0.05, 0.1) is 24.8 Å². The predicted molar refractivity (Wildman–Crippen MR) is 77.9 cm³/mol. The number of aryl methyl sites for hydroxylation is 1. The number of rotatable bonds is 6. The van der Waals surface area contributed by atoms with Crippen LogP contribution in [-0.4, -0.2) is 13.2 Å². The van der Waals surface area contributed by atoms with Gasteiger partial charge in [-0.2, -0.15) is 5.26 Å². The first kappa shape index (κ1) is 14.9. The van der Waals surface area contributed by atoms with E-state index in [1.165, 1.54) is 6.07 Å². The molecular formula is C17H16FNO2. The van der Waals surface area contributed by atoms with Crippen molar-refractivity contribution in [2.24, 2.45) is 0 Å². The Balaban J connectivity index is 1.72. The molecule has 2 rings (SSSR count). The van der Waals surface area contributed by atoms with Crippen molar-refractivity contribution in [1.29, 1.82) is 5.26 Å². The van der Waals surface area contributed by atoms with Crippen molar-refractivity contribution in [2.75, 3.05) is 13.2 Å². The molecule has 0 saturated heterocycles. The number of benzene rings is 2. The Kier molecular flexibility index (Phi) is 5.16. The molecule has 3 nitrogen and oxygen atoms in total. The van der Waals surface area contributed by atoms with E-state index >= 15 is 0 Å². The first-order chi connectivity index (χ1) is 10.2. The zero-order valence-corrected chi connectivity index (χ0v) is 11.8. The lowest BCUT2D eigenvalue weighted by Crippen LogP contribution is -2.05. The molecule has 0 aliphatic heterocycles. The maximum Gasteiger partial charge on any atom is 0.126 e. The number of ether oxygens (including phenoxy) is 2. The fraction of sp³-hybridized carbons (Fsp3) is 0.235. The maximum absolute atomic E-state index is 13.1. The predicted octanol–water partition coefficient (Wildman–Crippen LogP) is 3.85. The number of nitriles is 1. The Morgan fingerprint density at radius 2 is 1.76 bits per heavy atom. The highest BCUT2D eigenvalue weighted by atomic mass is 19.1. The minimum absolute atomic E-state index is 0.233. The molecule has 0 radical (unpaired) electrons. The second-order valence-corrected chi connectivity index (χ2v) is 4.60. The number of halogens is 1. The van der Waals surface area contributed by atoms with Gasteiger partial charge in [-0.25, -0.2) is 4.39 Å². The summed E-state index contributed by atoms with van der Waals surface area (Å²) >= 11 is 0. The van der Waals surface area contributed by atoms with Gasteiger partial charge in [0.2, 0.25) is 0 Å². The Hall–Kier alpha value is -2.54. The van der Waals surface area contributed by atoms with E-state index in [9.17, 15) is 4.39 Å².